The van der Waals surface area contributed by atoms with Crippen molar-refractivity contribution in [2.75, 3.05) is 5.32 Å². The van der Waals surface area contributed by atoms with Crippen LogP contribution in [0.2, 0.25) is 0 Å². The second kappa shape index (κ2) is 18.9. The molecule has 5 rings (SSSR count). The maximum absolute atomic E-state index is 13.8. The van der Waals surface area contributed by atoms with E-state index in [-0.39, 0.29) is 72.2 Å². The van der Waals surface area contributed by atoms with Crippen LogP contribution in [0.15, 0.2) is 66.7 Å². The van der Waals surface area contributed by atoms with Gasteiger partial charge in [0.05, 0.1) is 6.42 Å². The first-order valence-electron chi connectivity index (χ1n) is 18.2. The number of benzene rings is 3. The number of aryl methyl sites for hydroxylation is 1. The number of anilines is 1. The molecule has 3 aromatic rings. The number of unbranched alkanes of at least 4 members (excludes halogenated alkanes) is 1. The van der Waals surface area contributed by atoms with Gasteiger partial charge in [-0.2, -0.15) is 0 Å². The zero-order valence-corrected chi connectivity index (χ0v) is 32.4. The van der Waals surface area contributed by atoms with Crippen molar-refractivity contribution in [1.29, 1.82) is 0 Å². The Morgan fingerprint density at radius 3 is 2.18 bits per heavy atom. The number of aliphatic carboxylic acids is 1. The molecule has 50 heavy (non-hydrogen) atoms. The molecular weight excluding hydrogens is 637 g/mol. The fraction of sp³-hybridized carbons (Fsp3) is 0.500. The van der Waals surface area contributed by atoms with Crippen molar-refractivity contribution in [2.45, 2.75) is 128 Å². The van der Waals surface area contributed by atoms with Crippen molar-refractivity contribution in [2.24, 2.45) is 5.92 Å². The number of carboxylic acids is 1. The number of amides is 1. The molecule has 1 aliphatic heterocycles. The largest absolute Gasteiger partial charge is 1.00 e. The predicted molar refractivity (Wildman–Crippen MR) is 191 cm³/mol. The summed E-state index contributed by atoms with van der Waals surface area (Å²) in [5, 5.41) is 14.2. The Morgan fingerprint density at radius 2 is 1.54 bits per heavy atom. The van der Waals surface area contributed by atoms with Crippen LogP contribution in [0.4, 0.5) is 5.69 Å². The van der Waals surface area contributed by atoms with Crippen LogP contribution in [0, 0.1) is 5.92 Å². The quantitative estimate of drug-likeness (QED) is 0.124. The molecule has 1 heterocycles. The van der Waals surface area contributed by atoms with Gasteiger partial charge in [-0.25, -0.2) is 0 Å². The monoisotopic (exact) mass is 689 g/mol. The number of rotatable bonds is 15. The third-order valence-electron chi connectivity index (χ3n) is 10.1. The molecule has 0 spiro atoms. The molecule has 1 aliphatic carbocycles. The molecule has 3 aromatic carbocycles. The summed E-state index contributed by atoms with van der Waals surface area (Å²) in [7, 11) is 0. The first-order chi connectivity index (χ1) is 23.6. The molecule has 0 radical (unpaired) electrons. The van der Waals surface area contributed by atoms with E-state index in [2.05, 4.69) is 44.3 Å². The van der Waals surface area contributed by atoms with Gasteiger partial charge in [0.2, 0.25) is 5.91 Å². The number of fused-ring (bicyclic) bond motifs is 2. The van der Waals surface area contributed by atoms with Crippen LogP contribution in [-0.2, 0) is 31.0 Å². The van der Waals surface area contributed by atoms with Crippen molar-refractivity contribution < 1.29 is 58.5 Å². The van der Waals surface area contributed by atoms with Gasteiger partial charge in [0, 0.05) is 35.1 Å². The Labute approximate surface area is 320 Å². The number of hydrogen-bond donors (Lipinski definition) is 1. The molecule has 1 N–H and O–H groups in total. The van der Waals surface area contributed by atoms with Crippen LogP contribution in [0.5, 0.6) is 11.5 Å². The van der Waals surface area contributed by atoms with Crippen molar-refractivity contribution in [1.82, 2.24) is 0 Å². The molecule has 8 heteroatoms. The fourth-order valence-corrected chi connectivity index (χ4v) is 7.44. The van der Waals surface area contributed by atoms with E-state index in [1.54, 1.807) is 0 Å². The minimum Gasteiger partial charge on any atom is -0.550 e. The molecule has 1 saturated carbocycles. The van der Waals surface area contributed by atoms with Crippen LogP contribution in [0.1, 0.15) is 132 Å². The van der Waals surface area contributed by atoms with Crippen LogP contribution >= 0.6 is 0 Å². The van der Waals surface area contributed by atoms with Crippen molar-refractivity contribution in [3.63, 3.8) is 0 Å². The Balaban J connectivity index is 0.00000562. The first kappa shape index (κ1) is 39.7. The maximum atomic E-state index is 13.8. The van der Waals surface area contributed by atoms with E-state index in [9.17, 15) is 19.5 Å². The molecule has 1 amide bonds. The van der Waals surface area contributed by atoms with Crippen LogP contribution in [0.3, 0.4) is 0 Å². The first-order valence-corrected chi connectivity index (χ1v) is 18.2. The summed E-state index contributed by atoms with van der Waals surface area (Å²) >= 11 is 0. The van der Waals surface area contributed by atoms with Gasteiger partial charge in [0.25, 0.3) is 0 Å². The standard InChI is InChI=1S/C42H53NO6.Na/c1-42(2,3)35-24-22-30(21-23-31(48-41(47)26-25-40(45)46)16-8-7-15-29-13-5-4-6-14-29)27-36(35)43-39(44)28-34-32-17-9-11-19-37(32)49-38-20-12-10-18-33(34)38;/h9-12,17-20,22,24,27,29,31,34H,4-8,13-16,21,23,25-26,28H2,1-3H3,(H,43,44)(H,45,46);/q;+1/p-1/t31-;/m1./s1. The molecule has 0 unspecified atom stereocenters. The number of esters is 1. The smallest absolute Gasteiger partial charge is 0.550 e. The molecule has 0 bridgehead atoms. The molecule has 1 atom stereocenters. The average Bonchev–Trinajstić information content (AvgIpc) is 3.08. The number of carboxylic acid groups (broad SMARTS) is 1. The third-order valence-corrected chi connectivity index (χ3v) is 10.1. The van der Waals surface area contributed by atoms with E-state index in [1.807, 2.05) is 48.5 Å². The molecule has 7 nitrogen and oxygen atoms in total. The normalized spacial score (nSPS) is 15.1. The van der Waals surface area contributed by atoms with Gasteiger partial charge < -0.3 is 24.7 Å². The van der Waals surface area contributed by atoms with Gasteiger partial charge in [-0.3, -0.25) is 9.59 Å². The Hall–Kier alpha value is -3.13. The van der Waals surface area contributed by atoms with Crippen molar-refractivity contribution >= 4 is 23.5 Å². The Kier molecular flexibility index (Phi) is 15.0. The van der Waals surface area contributed by atoms with Gasteiger partial charge >= 0.3 is 35.5 Å². The summed E-state index contributed by atoms with van der Waals surface area (Å²) in [6, 6.07) is 22.0. The summed E-state index contributed by atoms with van der Waals surface area (Å²) in [5.41, 5.74) is 4.68. The van der Waals surface area contributed by atoms with Crippen molar-refractivity contribution in [3.05, 3.63) is 89.0 Å². The Morgan fingerprint density at radius 1 is 0.880 bits per heavy atom. The number of hydrogen-bond acceptors (Lipinski definition) is 6. The number of para-hydroxylation sites is 2. The van der Waals surface area contributed by atoms with Crippen LogP contribution in [-0.4, -0.2) is 23.9 Å². The van der Waals surface area contributed by atoms with Gasteiger partial charge in [-0.05, 0) is 72.8 Å². The van der Waals surface area contributed by atoms with E-state index >= 15 is 0 Å². The topological polar surface area (TPSA) is 105 Å². The van der Waals surface area contributed by atoms with Gasteiger partial charge in [0.15, 0.2) is 0 Å². The van der Waals surface area contributed by atoms with E-state index in [4.69, 9.17) is 9.47 Å². The van der Waals surface area contributed by atoms with E-state index in [0.717, 1.165) is 64.6 Å². The zero-order valence-electron chi connectivity index (χ0n) is 30.4. The average molecular weight is 690 g/mol. The molecule has 0 saturated heterocycles. The predicted octanol–water partition coefficient (Wildman–Crippen LogP) is 5.77. The van der Waals surface area contributed by atoms with Crippen molar-refractivity contribution in [3.8, 4) is 11.5 Å². The second-order valence-corrected chi connectivity index (χ2v) is 14.9. The maximum Gasteiger partial charge on any atom is 1.00 e. The Bertz CT molecular complexity index is 1550. The summed E-state index contributed by atoms with van der Waals surface area (Å²) < 4.78 is 12.0. The van der Waals surface area contributed by atoms with Gasteiger partial charge in [-0.15, -0.1) is 0 Å². The van der Waals surface area contributed by atoms with Gasteiger partial charge in [-0.1, -0.05) is 114 Å². The van der Waals surface area contributed by atoms with Crippen LogP contribution in [0.25, 0.3) is 0 Å². The number of nitrogens with one attached hydrogen (secondary N) is 1. The van der Waals surface area contributed by atoms with Gasteiger partial charge in [0.1, 0.15) is 17.6 Å². The minimum atomic E-state index is -1.25. The summed E-state index contributed by atoms with van der Waals surface area (Å²) in [6.45, 7) is 6.41. The molecule has 0 aromatic heterocycles. The summed E-state index contributed by atoms with van der Waals surface area (Å²) in [6.07, 6.45) is 11.4. The summed E-state index contributed by atoms with van der Waals surface area (Å²) in [5.74, 6) is 0.419. The fourth-order valence-electron chi connectivity index (χ4n) is 7.44. The molecule has 262 valence electrons. The summed E-state index contributed by atoms with van der Waals surface area (Å²) in [4.78, 5) is 37.3. The molecule has 1 fully saturated rings. The van der Waals surface area contributed by atoms with E-state index in [1.165, 1.54) is 38.5 Å². The van der Waals surface area contributed by atoms with E-state index < -0.39 is 11.9 Å². The SMILES string of the molecule is CC(C)(C)c1ccc(CC[C@@H](CCCCC2CCCCC2)OC(=O)CCC(=O)[O-])cc1NC(=O)CC1c2ccccc2Oc2ccccc21.[Na+]. The molecule has 2 aliphatic rings. The zero-order chi connectivity index (χ0) is 34.8. The van der Waals surface area contributed by atoms with E-state index in [0.29, 0.717) is 12.8 Å². The number of ether oxygens (including phenoxy) is 2. The third kappa shape index (κ3) is 11.4. The van der Waals surface area contributed by atoms with Crippen LogP contribution < -0.4 is 44.7 Å². The number of carbonyl (C=O) groups excluding carboxylic acids is 3. The molecular formula is C42H52NNaO6. The minimum absolute atomic E-state index is 0. The second-order valence-electron chi connectivity index (χ2n) is 14.9. The number of carbonyl (C=O) groups is 3.